The summed E-state index contributed by atoms with van der Waals surface area (Å²) in [5.74, 6) is 9.36. The molecule has 0 aromatic heterocycles. The molecule has 0 unspecified atom stereocenters. The van der Waals surface area contributed by atoms with E-state index in [0.29, 0.717) is 11.3 Å². The van der Waals surface area contributed by atoms with E-state index < -0.39 is 5.60 Å². The average Bonchev–Trinajstić information content (AvgIpc) is 2.76. The van der Waals surface area contributed by atoms with E-state index in [9.17, 15) is 5.11 Å². The molecular formula is C21H36N2O. The summed E-state index contributed by atoms with van der Waals surface area (Å²) in [5, 5.41) is 15.1. The SMILES string of the molecule is C[C@@H]1C[C@@]2(C)[C@H](CC[C@@H]3[C@@H]2CC[C@@]2(C)[C@H]3CC[C@]2(C)O)C/C1=N\N. The molecule has 4 aliphatic carbocycles. The Kier molecular flexibility index (Phi) is 3.67. The lowest BCUT2D eigenvalue weighted by molar-refractivity contribution is -0.142. The maximum atomic E-state index is 11.0. The molecule has 0 aromatic carbocycles. The molecule has 3 N–H and O–H groups in total. The van der Waals surface area contributed by atoms with Gasteiger partial charge in [-0.2, -0.15) is 5.10 Å². The summed E-state index contributed by atoms with van der Waals surface area (Å²) < 4.78 is 0. The number of aliphatic hydroxyl groups is 1. The maximum absolute atomic E-state index is 11.0. The third-order valence-corrected chi connectivity index (χ3v) is 9.56. The Bertz CT molecular complexity index is 556. The van der Waals surface area contributed by atoms with Gasteiger partial charge in [-0.1, -0.05) is 20.8 Å². The molecule has 0 radical (unpaired) electrons. The number of hydrogen-bond donors (Lipinski definition) is 2. The topological polar surface area (TPSA) is 58.6 Å². The summed E-state index contributed by atoms with van der Waals surface area (Å²) in [6.07, 6.45) is 9.81. The number of rotatable bonds is 0. The van der Waals surface area contributed by atoms with E-state index in [1.807, 2.05) is 0 Å². The van der Waals surface area contributed by atoms with Crippen molar-refractivity contribution < 1.29 is 5.11 Å². The molecule has 0 spiro atoms. The van der Waals surface area contributed by atoms with Crippen molar-refractivity contribution in [1.29, 1.82) is 0 Å². The van der Waals surface area contributed by atoms with Crippen LogP contribution >= 0.6 is 0 Å². The number of fused-ring (bicyclic) bond motifs is 5. The van der Waals surface area contributed by atoms with Crippen molar-refractivity contribution in [2.75, 3.05) is 0 Å². The molecule has 0 aromatic rings. The third-order valence-electron chi connectivity index (χ3n) is 9.56. The van der Waals surface area contributed by atoms with Gasteiger partial charge in [-0.05, 0) is 98.7 Å². The fourth-order valence-corrected chi connectivity index (χ4v) is 7.84. The van der Waals surface area contributed by atoms with Gasteiger partial charge in [-0.25, -0.2) is 0 Å². The lowest BCUT2D eigenvalue weighted by Crippen LogP contribution is -2.56. The Labute approximate surface area is 147 Å². The molecule has 0 aliphatic heterocycles. The predicted molar refractivity (Wildman–Crippen MR) is 98.5 cm³/mol. The lowest BCUT2D eigenvalue weighted by Gasteiger charge is -2.61. The first-order valence-corrected chi connectivity index (χ1v) is 10.2. The minimum atomic E-state index is -0.459. The van der Waals surface area contributed by atoms with Crippen molar-refractivity contribution in [1.82, 2.24) is 0 Å². The van der Waals surface area contributed by atoms with E-state index in [0.717, 1.165) is 36.5 Å². The highest BCUT2D eigenvalue weighted by atomic mass is 16.3. The number of hydrazone groups is 1. The van der Waals surface area contributed by atoms with E-state index in [-0.39, 0.29) is 5.41 Å². The van der Waals surface area contributed by atoms with Crippen LogP contribution < -0.4 is 5.84 Å². The Balaban J connectivity index is 1.64. The monoisotopic (exact) mass is 332 g/mol. The smallest absolute Gasteiger partial charge is 0.0675 e. The highest BCUT2D eigenvalue weighted by Crippen LogP contribution is 2.68. The van der Waals surface area contributed by atoms with Crippen molar-refractivity contribution in [2.24, 2.45) is 51.4 Å². The van der Waals surface area contributed by atoms with Crippen LogP contribution in [0.15, 0.2) is 5.10 Å². The molecule has 4 aliphatic rings. The van der Waals surface area contributed by atoms with Crippen LogP contribution in [0.5, 0.6) is 0 Å². The number of nitrogens with zero attached hydrogens (tertiary/aromatic N) is 1. The van der Waals surface area contributed by atoms with Crippen molar-refractivity contribution in [2.45, 2.75) is 84.7 Å². The van der Waals surface area contributed by atoms with Gasteiger partial charge in [0.2, 0.25) is 0 Å². The number of hydrogen-bond acceptors (Lipinski definition) is 3. The molecule has 8 atom stereocenters. The lowest BCUT2D eigenvalue weighted by atomic mass is 9.44. The van der Waals surface area contributed by atoms with E-state index >= 15 is 0 Å². The molecule has 0 bridgehead atoms. The maximum Gasteiger partial charge on any atom is 0.0675 e. The first kappa shape index (κ1) is 16.9. The van der Waals surface area contributed by atoms with E-state index in [1.54, 1.807) is 0 Å². The van der Waals surface area contributed by atoms with Crippen molar-refractivity contribution >= 4 is 5.71 Å². The predicted octanol–water partition coefficient (Wildman–Crippen LogP) is 4.34. The Hall–Kier alpha value is -0.570. The standard InChI is InChI=1S/C21H36N2O/c1-13-12-19(2)14(11-18(13)23-22)5-6-15-16(19)7-9-20(3)17(15)8-10-21(20,4)24/h13-17,24H,5-12,22H2,1-4H3/b23-18+/t13-,14-,15-,16+,17+,19+,20+,21+/m1/s1. The van der Waals surface area contributed by atoms with Gasteiger partial charge < -0.3 is 10.9 Å². The molecule has 4 saturated carbocycles. The molecule has 3 heteroatoms. The van der Waals surface area contributed by atoms with Gasteiger partial charge in [0.05, 0.1) is 5.60 Å². The van der Waals surface area contributed by atoms with Crippen molar-refractivity contribution in [3.05, 3.63) is 0 Å². The van der Waals surface area contributed by atoms with E-state index in [4.69, 9.17) is 5.84 Å². The first-order valence-electron chi connectivity index (χ1n) is 10.2. The van der Waals surface area contributed by atoms with Crippen LogP contribution in [0.2, 0.25) is 0 Å². The largest absolute Gasteiger partial charge is 0.390 e. The van der Waals surface area contributed by atoms with Gasteiger partial charge in [-0.3, -0.25) is 0 Å². The van der Waals surface area contributed by atoms with Gasteiger partial charge in [0, 0.05) is 5.71 Å². The van der Waals surface area contributed by atoms with E-state index in [1.165, 1.54) is 44.2 Å². The first-order chi connectivity index (χ1) is 11.2. The highest BCUT2D eigenvalue weighted by molar-refractivity contribution is 5.87. The molecule has 0 saturated heterocycles. The average molecular weight is 333 g/mol. The van der Waals surface area contributed by atoms with Crippen LogP contribution in [0.4, 0.5) is 0 Å². The summed E-state index contributed by atoms with van der Waals surface area (Å²) in [4.78, 5) is 0. The normalized spacial score (nSPS) is 58.9. The molecular weight excluding hydrogens is 296 g/mol. The molecule has 136 valence electrons. The second-order valence-corrected chi connectivity index (χ2v) is 10.4. The molecule has 4 rings (SSSR count). The van der Waals surface area contributed by atoms with Crippen molar-refractivity contribution in [3.63, 3.8) is 0 Å². The van der Waals surface area contributed by atoms with Gasteiger partial charge >= 0.3 is 0 Å². The molecule has 4 fully saturated rings. The van der Waals surface area contributed by atoms with Crippen LogP contribution in [0.25, 0.3) is 0 Å². The fourth-order valence-electron chi connectivity index (χ4n) is 7.84. The van der Waals surface area contributed by atoms with Gasteiger partial charge in [0.1, 0.15) is 0 Å². The summed E-state index contributed by atoms with van der Waals surface area (Å²) in [6, 6.07) is 0. The second-order valence-electron chi connectivity index (χ2n) is 10.4. The highest BCUT2D eigenvalue weighted by Gasteiger charge is 2.63. The van der Waals surface area contributed by atoms with Gasteiger partial charge in [0.25, 0.3) is 0 Å². The number of nitrogens with two attached hydrogens (primary N) is 1. The van der Waals surface area contributed by atoms with Crippen LogP contribution in [0, 0.1) is 40.4 Å². The summed E-state index contributed by atoms with van der Waals surface area (Å²) >= 11 is 0. The molecule has 3 nitrogen and oxygen atoms in total. The van der Waals surface area contributed by atoms with Gasteiger partial charge in [0.15, 0.2) is 0 Å². The molecule has 0 heterocycles. The minimum Gasteiger partial charge on any atom is -0.390 e. The zero-order chi connectivity index (χ0) is 17.3. The summed E-state index contributed by atoms with van der Waals surface area (Å²) in [5.41, 5.74) is 1.38. The summed E-state index contributed by atoms with van der Waals surface area (Å²) in [6.45, 7) is 9.39. The van der Waals surface area contributed by atoms with Crippen molar-refractivity contribution in [3.8, 4) is 0 Å². The van der Waals surface area contributed by atoms with Crippen LogP contribution in [0.3, 0.4) is 0 Å². The zero-order valence-corrected chi connectivity index (χ0v) is 16.0. The third kappa shape index (κ3) is 2.03. The Morgan fingerprint density at radius 3 is 2.46 bits per heavy atom. The second kappa shape index (κ2) is 5.22. The minimum absolute atomic E-state index is 0.140. The molecule has 24 heavy (non-hydrogen) atoms. The zero-order valence-electron chi connectivity index (χ0n) is 16.0. The Morgan fingerprint density at radius 1 is 1.04 bits per heavy atom. The van der Waals surface area contributed by atoms with Crippen LogP contribution in [-0.4, -0.2) is 16.4 Å². The quantitative estimate of drug-likeness (QED) is 0.512. The Morgan fingerprint density at radius 2 is 1.75 bits per heavy atom. The summed E-state index contributed by atoms with van der Waals surface area (Å²) in [7, 11) is 0. The van der Waals surface area contributed by atoms with Gasteiger partial charge in [-0.15, -0.1) is 0 Å². The van der Waals surface area contributed by atoms with E-state index in [2.05, 4.69) is 32.8 Å². The molecule has 0 amide bonds. The van der Waals surface area contributed by atoms with Crippen LogP contribution in [0.1, 0.15) is 79.1 Å². The van der Waals surface area contributed by atoms with Crippen LogP contribution in [-0.2, 0) is 0 Å². The fraction of sp³-hybridized carbons (Fsp3) is 0.952.